The zero-order chi connectivity index (χ0) is 13.2. The Kier molecular flexibility index (Phi) is 3.34. The van der Waals surface area contributed by atoms with Gasteiger partial charge in [-0.3, -0.25) is 4.90 Å². The van der Waals surface area contributed by atoms with E-state index in [1.807, 2.05) is 13.2 Å². The highest BCUT2D eigenvalue weighted by Gasteiger charge is 2.15. The number of hydrogen-bond acceptors (Lipinski definition) is 2. The Morgan fingerprint density at radius 1 is 1.16 bits per heavy atom. The zero-order valence-corrected chi connectivity index (χ0v) is 11.1. The summed E-state index contributed by atoms with van der Waals surface area (Å²) in [5.41, 5.74) is 2.16. The average Bonchev–Trinajstić information content (AvgIpc) is 3.03. The monoisotopic (exact) mass is 259 g/mol. The van der Waals surface area contributed by atoms with E-state index in [0.717, 1.165) is 17.9 Å². The summed E-state index contributed by atoms with van der Waals surface area (Å²) in [6, 6.07) is 6.50. The van der Waals surface area contributed by atoms with Crippen LogP contribution >= 0.6 is 0 Å². The van der Waals surface area contributed by atoms with Crippen LogP contribution in [0, 0.1) is 5.82 Å². The summed E-state index contributed by atoms with van der Waals surface area (Å²) in [6.07, 6.45) is 4.52. The topological polar surface area (TPSA) is 21.1 Å². The Balaban J connectivity index is 1.83. The number of nitrogens with zero attached hydrogens (tertiary/aromatic N) is 3. The van der Waals surface area contributed by atoms with E-state index in [1.165, 1.54) is 43.8 Å². The highest BCUT2D eigenvalue weighted by atomic mass is 19.1. The minimum Gasteiger partial charge on any atom is -0.330 e. The molecule has 0 atom stereocenters. The molecule has 0 N–H and O–H groups in total. The van der Waals surface area contributed by atoms with Crippen LogP contribution in [-0.2, 0) is 13.6 Å². The van der Waals surface area contributed by atoms with E-state index < -0.39 is 0 Å². The van der Waals surface area contributed by atoms with Crippen LogP contribution in [0.5, 0.6) is 0 Å². The average molecular weight is 259 g/mol. The van der Waals surface area contributed by atoms with Crippen LogP contribution in [-0.4, -0.2) is 27.5 Å². The van der Waals surface area contributed by atoms with E-state index >= 15 is 0 Å². The molecule has 1 aromatic heterocycles. The lowest BCUT2D eigenvalue weighted by atomic mass is 10.2. The minimum atomic E-state index is -0.213. The van der Waals surface area contributed by atoms with Gasteiger partial charge in [-0.2, -0.15) is 0 Å². The van der Waals surface area contributed by atoms with Gasteiger partial charge < -0.3 is 4.57 Å². The van der Waals surface area contributed by atoms with Gasteiger partial charge in [0, 0.05) is 19.2 Å². The number of hydrogen-bond donors (Lipinski definition) is 0. The normalized spacial score (nSPS) is 16.1. The molecule has 100 valence electrons. The van der Waals surface area contributed by atoms with Crippen molar-refractivity contribution in [2.45, 2.75) is 19.4 Å². The molecule has 0 radical (unpaired) electrons. The van der Waals surface area contributed by atoms with E-state index in [0.29, 0.717) is 0 Å². The Labute approximate surface area is 112 Å². The number of benzene rings is 1. The molecule has 2 aromatic rings. The summed E-state index contributed by atoms with van der Waals surface area (Å²) in [5.74, 6) is 0.685. The summed E-state index contributed by atoms with van der Waals surface area (Å²) in [4.78, 5) is 6.92. The molecule has 0 spiro atoms. The summed E-state index contributed by atoms with van der Waals surface area (Å²) in [6.45, 7) is 3.30. The standard InChI is InChI=1S/C15H18FN3/c1-18-14(11-19-8-2-3-9-19)10-17-15(18)12-4-6-13(16)7-5-12/h4-7,10H,2-3,8-9,11H2,1H3. The third-order valence-corrected chi connectivity index (χ3v) is 3.77. The van der Waals surface area contributed by atoms with Gasteiger partial charge in [-0.05, 0) is 50.2 Å². The second-order valence-electron chi connectivity index (χ2n) is 5.12. The molecule has 0 bridgehead atoms. The van der Waals surface area contributed by atoms with Crippen molar-refractivity contribution in [3.63, 3.8) is 0 Å². The summed E-state index contributed by atoms with van der Waals surface area (Å²) in [5, 5.41) is 0. The molecule has 3 rings (SSSR count). The quantitative estimate of drug-likeness (QED) is 0.845. The smallest absolute Gasteiger partial charge is 0.139 e. The van der Waals surface area contributed by atoms with Crippen LogP contribution in [0.25, 0.3) is 11.4 Å². The highest BCUT2D eigenvalue weighted by molar-refractivity contribution is 5.55. The van der Waals surface area contributed by atoms with Gasteiger partial charge in [-0.15, -0.1) is 0 Å². The lowest BCUT2D eigenvalue weighted by molar-refractivity contribution is 0.323. The van der Waals surface area contributed by atoms with E-state index in [4.69, 9.17) is 0 Å². The first-order chi connectivity index (χ1) is 9.24. The van der Waals surface area contributed by atoms with Gasteiger partial charge in [0.15, 0.2) is 0 Å². The fourth-order valence-corrected chi connectivity index (χ4v) is 2.63. The van der Waals surface area contributed by atoms with Crippen molar-refractivity contribution in [1.82, 2.24) is 14.5 Å². The Hall–Kier alpha value is -1.68. The van der Waals surface area contributed by atoms with E-state index in [-0.39, 0.29) is 5.82 Å². The van der Waals surface area contributed by atoms with Gasteiger partial charge >= 0.3 is 0 Å². The van der Waals surface area contributed by atoms with Crippen molar-refractivity contribution in [2.75, 3.05) is 13.1 Å². The lowest BCUT2D eigenvalue weighted by Crippen LogP contribution is -2.20. The maximum atomic E-state index is 12.9. The molecule has 1 aromatic carbocycles. The van der Waals surface area contributed by atoms with E-state index in [2.05, 4.69) is 14.5 Å². The second-order valence-corrected chi connectivity index (χ2v) is 5.12. The molecule has 4 heteroatoms. The van der Waals surface area contributed by atoms with Crippen LogP contribution < -0.4 is 0 Å². The number of halogens is 1. The van der Waals surface area contributed by atoms with E-state index in [1.54, 1.807) is 12.1 Å². The minimum absolute atomic E-state index is 0.213. The molecular weight excluding hydrogens is 241 g/mol. The van der Waals surface area contributed by atoms with Crippen LogP contribution in [0.15, 0.2) is 30.5 Å². The van der Waals surface area contributed by atoms with Crippen molar-refractivity contribution < 1.29 is 4.39 Å². The molecule has 1 aliphatic heterocycles. The molecule has 19 heavy (non-hydrogen) atoms. The second kappa shape index (κ2) is 5.13. The molecule has 1 aliphatic rings. The molecule has 0 aliphatic carbocycles. The molecule has 0 unspecified atom stereocenters. The first-order valence-corrected chi connectivity index (χ1v) is 6.73. The summed E-state index contributed by atoms with van der Waals surface area (Å²) >= 11 is 0. The fourth-order valence-electron chi connectivity index (χ4n) is 2.63. The van der Waals surface area contributed by atoms with Crippen molar-refractivity contribution >= 4 is 0 Å². The highest BCUT2D eigenvalue weighted by Crippen LogP contribution is 2.20. The lowest BCUT2D eigenvalue weighted by Gasteiger charge is -2.15. The molecule has 2 heterocycles. The Bertz CT molecular complexity index is 553. The first-order valence-electron chi connectivity index (χ1n) is 6.73. The van der Waals surface area contributed by atoms with Crippen molar-refractivity contribution in [2.24, 2.45) is 7.05 Å². The molecule has 0 amide bonds. The van der Waals surface area contributed by atoms with Gasteiger partial charge in [0.05, 0.1) is 11.9 Å². The Morgan fingerprint density at radius 3 is 2.53 bits per heavy atom. The van der Waals surface area contributed by atoms with Gasteiger partial charge in [0.25, 0.3) is 0 Å². The zero-order valence-electron chi connectivity index (χ0n) is 11.1. The maximum absolute atomic E-state index is 12.9. The van der Waals surface area contributed by atoms with Crippen LogP contribution in [0.2, 0.25) is 0 Å². The molecule has 3 nitrogen and oxygen atoms in total. The van der Waals surface area contributed by atoms with E-state index in [9.17, 15) is 4.39 Å². The third kappa shape index (κ3) is 2.54. The van der Waals surface area contributed by atoms with Gasteiger partial charge in [-0.25, -0.2) is 9.37 Å². The number of aromatic nitrogens is 2. The van der Waals surface area contributed by atoms with Crippen LogP contribution in [0.1, 0.15) is 18.5 Å². The van der Waals surface area contributed by atoms with Gasteiger partial charge in [0.2, 0.25) is 0 Å². The van der Waals surface area contributed by atoms with Gasteiger partial charge in [0.1, 0.15) is 11.6 Å². The molecule has 1 saturated heterocycles. The fraction of sp³-hybridized carbons (Fsp3) is 0.400. The molecule has 0 saturated carbocycles. The van der Waals surface area contributed by atoms with Crippen LogP contribution in [0.3, 0.4) is 0 Å². The van der Waals surface area contributed by atoms with Crippen LogP contribution in [0.4, 0.5) is 4.39 Å². The van der Waals surface area contributed by atoms with Crippen molar-refractivity contribution in [3.05, 3.63) is 42.0 Å². The largest absolute Gasteiger partial charge is 0.330 e. The molecular formula is C15H18FN3. The number of rotatable bonds is 3. The van der Waals surface area contributed by atoms with Gasteiger partial charge in [-0.1, -0.05) is 0 Å². The number of likely N-dealkylation sites (tertiary alicyclic amines) is 1. The third-order valence-electron chi connectivity index (χ3n) is 3.77. The first kappa shape index (κ1) is 12.4. The SMILES string of the molecule is Cn1c(CN2CCCC2)cnc1-c1ccc(F)cc1. The maximum Gasteiger partial charge on any atom is 0.139 e. The number of imidazole rings is 1. The Morgan fingerprint density at radius 2 is 1.84 bits per heavy atom. The van der Waals surface area contributed by atoms with Crippen molar-refractivity contribution in [3.8, 4) is 11.4 Å². The van der Waals surface area contributed by atoms with Crippen molar-refractivity contribution in [1.29, 1.82) is 0 Å². The summed E-state index contributed by atoms with van der Waals surface area (Å²) in [7, 11) is 2.02. The predicted octanol–water partition coefficient (Wildman–Crippen LogP) is 2.82. The molecule has 1 fully saturated rings. The predicted molar refractivity (Wildman–Crippen MR) is 73.1 cm³/mol. The summed E-state index contributed by atoms with van der Waals surface area (Å²) < 4.78 is 15.0.